The molecule has 0 aliphatic carbocycles. The number of aliphatic hydroxyl groups is 1. The molecule has 0 aromatic carbocycles. The average Bonchev–Trinajstić information content (AvgIpc) is 3.04. The van der Waals surface area contributed by atoms with E-state index >= 15 is 0 Å². The number of hydrogen-bond donors (Lipinski definition) is 1. The van der Waals surface area contributed by atoms with E-state index < -0.39 is 0 Å². The van der Waals surface area contributed by atoms with Crippen molar-refractivity contribution in [3.8, 4) is 0 Å². The summed E-state index contributed by atoms with van der Waals surface area (Å²) in [5, 5.41) is 8.58. The minimum absolute atomic E-state index is 0.00906. The van der Waals surface area contributed by atoms with Crippen LogP contribution in [0.15, 0.2) is 0 Å². The lowest BCUT2D eigenvalue weighted by molar-refractivity contribution is -0.0686. The first-order chi connectivity index (χ1) is 22.2. The van der Waals surface area contributed by atoms with E-state index in [-0.39, 0.29) is 18.8 Å². The Bertz CT molecular complexity index is 535. The summed E-state index contributed by atoms with van der Waals surface area (Å²) >= 11 is 0. The topological polar surface area (TPSA) is 140 Å². The van der Waals surface area contributed by atoms with Crippen LogP contribution in [0.25, 0.3) is 0 Å². The molecule has 0 fully saturated rings. The van der Waals surface area contributed by atoms with Crippen molar-refractivity contribution in [2.45, 2.75) is 39.4 Å². The summed E-state index contributed by atoms with van der Waals surface area (Å²) < 4.78 is 71.1. The lowest BCUT2D eigenvalue weighted by Crippen LogP contribution is -2.24. The van der Waals surface area contributed by atoms with E-state index in [1.807, 2.05) is 13.8 Å². The second kappa shape index (κ2) is 39.6. The molecule has 0 heterocycles. The van der Waals surface area contributed by atoms with E-state index in [0.717, 1.165) is 13.0 Å². The summed E-state index contributed by atoms with van der Waals surface area (Å²) in [5.41, 5.74) is 0. The van der Waals surface area contributed by atoms with Gasteiger partial charge in [0.2, 0.25) is 0 Å². The second-order valence-electron chi connectivity index (χ2n) is 9.75. The summed E-state index contributed by atoms with van der Waals surface area (Å²) in [4.78, 5) is 0. The number of rotatable bonds is 40. The molecule has 0 spiro atoms. The Labute approximate surface area is 271 Å². The monoisotopic (exact) mass is 660 g/mol. The Balaban J connectivity index is 3.12. The third-order valence-electron chi connectivity index (χ3n) is 5.53. The number of hydrogen-bond acceptors (Lipinski definition) is 14. The minimum Gasteiger partial charge on any atom is -0.394 e. The third-order valence-corrected chi connectivity index (χ3v) is 5.53. The average molecular weight is 661 g/mol. The molecule has 14 heteroatoms. The third kappa shape index (κ3) is 39.5. The van der Waals surface area contributed by atoms with Crippen LogP contribution in [0.2, 0.25) is 0 Å². The largest absolute Gasteiger partial charge is 0.394 e. The van der Waals surface area contributed by atoms with Crippen molar-refractivity contribution in [1.29, 1.82) is 0 Å². The smallest absolute Gasteiger partial charge is 0.0781 e. The molecule has 0 radical (unpaired) electrons. The van der Waals surface area contributed by atoms with Crippen molar-refractivity contribution in [3.63, 3.8) is 0 Å². The van der Waals surface area contributed by atoms with Crippen LogP contribution >= 0.6 is 0 Å². The summed E-state index contributed by atoms with van der Waals surface area (Å²) in [6.45, 7) is 18.4. The molecule has 45 heavy (non-hydrogen) atoms. The highest BCUT2D eigenvalue weighted by Crippen LogP contribution is 1.98. The standard InChI is InChI=1S/C31H64O14/c1-4-6-43-28-30(2)45-29-31(3)44-27-26-42-25-24-41-23-22-40-21-20-39-19-18-38-17-16-37-15-14-36-13-12-35-11-10-34-9-8-33-7-5-32/h30-32H,4-29H2,1-3H3. The Morgan fingerprint density at radius 1 is 0.333 bits per heavy atom. The Morgan fingerprint density at radius 2 is 0.622 bits per heavy atom. The van der Waals surface area contributed by atoms with Crippen molar-refractivity contribution >= 4 is 0 Å². The lowest BCUT2D eigenvalue weighted by atomic mass is 10.4. The molecule has 2 unspecified atom stereocenters. The van der Waals surface area contributed by atoms with Crippen molar-refractivity contribution < 1.29 is 66.7 Å². The molecular formula is C31H64O14. The summed E-state index contributed by atoms with van der Waals surface area (Å²) in [6, 6.07) is 0. The summed E-state index contributed by atoms with van der Waals surface area (Å²) in [7, 11) is 0. The van der Waals surface area contributed by atoms with E-state index in [1.165, 1.54) is 0 Å². The fourth-order valence-corrected chi connectivity index (χ4v) is 3.24. The van der Waals surface area contributed by atoms with Crippen LogP contribution in [0.5, 0.6) is 0 Å². The molecule has 0 aliphatic heterocycles. The van der Waals surface area contributed by atoms with E-state index in [9.17, 15) is 0 Å². The van der Waals surface area contributed by atoms with Gasteiger partial charge in [-0.05, 0) is 20.3 Å². The van der Waals surface area contributed by atoms with E-state index in [1.54, 1.807) is 0 Å². The molecule has 0 aromatic heterocycles. The molecule has 272 valence electrons. The normalized spacial score (nSPS) is 13.1. The van der Waals surface area contributed by atoms with Crippen LogP contribution < -0.4 is 0 Å². The van der Waals surface area contributed by atoms with Gasteiger partial charge in [-0.25, -0.2) is 0 Å². The van der Waals surface area contributed by atoms with E-state index in [0.29, 0.717) is 152 Å². The first-order valence-corrected chi connectivity index (χ1v) is 16.4. The van der Waals surface area contributed by atoms with Crippen molar-refractivity contribution in [2.24, 2.45) is 0 Å². The summed E-state index contributed by atoms with van der Waals surface area (Å²) in [6.07, 6.45) is 1.09. The second-order valence-corrected chi connectivity index (χ2v) is 9.75. The number of aliphatic hydroxyl groups excluding tert-OH is 1. The lowest BCUT2D eigenvalue weighted by Gasteiger charge is -2.17. The van der Waals surface area contributed by atoms with Gasteiger partial charge in [-0.2, -0.15) is 0 Å². The summed E-state index contributed by atoms with van der Waals surface area (Å²) in [5.74, 6) is 0. The SMILES string of the molecule is CCCOCC(C)OCC(C)OCCOCCOCCOCCOCCOCCOCCOCCOCCOCCOCCO. The van der Waals surface area contributed by atoms with Gasteiger partial charge in [0.25, 0.3) is 0 Å². The maximum atomic E-state index is 8.58. The van der Waals surface area contributed by atoms with Crippen molar-refractivity contribution in [1.82, 2.24) is 0 Å². The van der Waals surface area contributed by atoms with Crippen LogP contribution in [-0.2, 0) is 61.6 Å². The molecule has 0 aromatic rings. The highest BCUT2D eigenvalue weighted by Gasteiger charge is 2.07. The fraction of sp³-hybridized carbons (Fsp3) is 1.00. The van der Waals surface area contributed by atoms with Gasteiger partial charge in [-0.15, -0.1) is 0 Å². The Hall–Kier alpha value is -0.560. The molecule has 0 saturated carbocycles. The molecule has 2 atom stereocenters. The van der Waals surface area contributed by atoms with Crippen LogP contribution in [0.3, 0.4) is 0 Å². The van der Waals surface area contributed by atoms with Crippen molar-refractivity contribution in [3.05, 3.63) is 0 Å². The van der Waals surface area contributed by atoms with Gasteiger partial charge in [-0.1, -0.05) is 6.92 Å². The molecular weight excluding hydrogens is 596 g/mol. The highest BCUT2D eigenvalue weighted by molar-refractivity contribution is 4.52. The van der Waals surface area contributed by atoms with E-state index in [2.05, 4.69) is 6.92 Å². The Kier molecular flexibility index (Phi) is 39.1. The fourth-order valence-electron chi connectivity index (χ4n) is 3.24. The molecule has 14 nitrogen and oxygen atoms in total. The predicted octanol–water partition coefficient (Wildman–Crippen LogP) is 1.38. The van der Waals surface area contributed by atoms with Crippen LogP contribution in [0, 0.1) is 0 Å². The van der Waals surface area contributed by atoms with Gasteiger partial charge in [-0.3, -0.25) is 0 Å². The maximum absolute atomic E-state index is 8.58. The van der Waals surface area contributed by atoms with Gasteiger partial charge >= 0.3 is 0 Å². The van der Waals surface area contributed by atoms with Crippen LogP contribution in [0.4, 0.5) is 0 Å². The van der Waals surface area contributed by atoms with E-state index in [4.69, 9.17) is 66.7 Å². The van der Waals surface area contributed by atoms with Gasteiger partial charge in [0.1, 0.15) is 0 Å². The molecule has 0 rings (SSSR count). The molecule has 0 bridgehead atoms. The molecule has 0 saturated heterocycles. The maximum Gasteiger partial charge on any atom is 0.0781 e. The van der Waals surface area contributed by atoms with Crippen LogP contribution in [-0.4, -0.2) is 182 Å². The van der Waals surface area contributed by atoms with Crippen molar-refractivity contribution in [2.75, 3.05) is 165 Å². The zero-order valence-corrected chi connectivity index (χ0v) is 28.3. The van der Waals surface area contributed by atoms with Gasteiger partial charge < -0.3 is 66.7 Å². The van der Waals surface area contributed by atoms with Gasteiger partial charge in [0.15, 0.2) is 0 Å². The zero-order chi connectivity index (χ0) is 32.7. The molecule has 0 amide bonds. The Morgan fingerprint density at radius 3 is 0.933 bits per heavy atom. The van der Waals surface area contributed by atoms with Gasteiger partial charge in [0, 0.05) is 6.61 Å². The molecule has 1 N–H and O–H groups in total. The number of ether oxygens (including phenoxy) is 13. The minimum atomic E-state index is 0.00906. The quantitative estimate of drug-likeness (QED) is 0.0947. The molecule has 0 aliphatic rings. The first-order valence-electron chi connectivity index (χ1n) is 16.4. The van der Waals surface area contributed by atoms with Crippen LogP contribution in [0.1, 0.15) is 27.2 Å². The van der Waals surface area contributed by atoms with Gasteiger partial charge in [0.05, 0.1) is 171 Å². The highest BCUT2D eigenvalue weighted by atomic mass is 16.6. The zero-order valence-electron chi connectivity index (χ0n) is 28.3. The predicted molar refractivity (Wildman–Crippen MR) is 167 cm³/mol. The first kappa shape index (κ1) is 44.4.